The summed E-state index contributed by atoms with van der Waals surface area (Å²) < 4.78 is 118. The van der Waals surface area contributed by atoms with Gasteiger partial charge in [-0.2, -0.15) is 0 Å². The van der Waals surface area contributed by atoms with Gasteiger partial charge in [0.1, 0.15) is 0 Å². The van der Waals surface area contributed by atoms with Crippen LogP contribution in [-0.2, 0) is 52.0 Å². The second-order valence-corrected chi connectivity index (χ2v) is 67.6. The van der Waals surface area contributed by atoms with Crippen LogP contribution >= 0.6 is 30.4 Å². The summed E-state index contributed by atoms with van der Waals surface area (Å²) >= 11 is 0. The molecule has 0 heterocycles. The van der Waals surface area contributed by atoms with E-state index in [1.807, 2.05) is 157 Å². The van der Waals surface area contributed by atoms with E-state index in [0.29, 0.717) is 0 Å². The van der Waals surface area contributed by atoms with Gasteiger partial charge >= 0.3 is 30.4 Å². The van der Waals surface area contributed by atoms with Crippen LogP contribution < -0.4 is 0 Å². The topological polar surface area (TPSA) is 142 Å². The van der Waals surface area contributed by atoms with E-state index < -0.39 is 108 Å². The molecule has 0 aliphatic heterocycles. The summed E-state index contributed by atoms with van der Waals surface area (Å²) in [7, 11) is -42.4. The molecule has 0 rings (SSSR count). The molecule has 0 aromatic heterocycles. The van der Waals surface area contributed by atoms with E-state index in [0.717, 1.165) is 0 Å². The fourth-order valence-corrected chi connectivity index (χ4v) is 45.8. The van der Waals surface area contributed by atoms with Gasteiger partial charge in [0.05, 0.1) is 0 Å². The Morgan fingerprint density at radius 2 is 0.320 bits per heavy atom. The first-order valence-corrected chi connectivity index (χ1v) is 50.9. The highest BCUT2D eigenvalue weighted by Gasteiger charge is 2.71. The molecule has 302 valence electrons. The lowest BCUT2D eigenvalue weighted by molar-refractivity contribution is 0.321. The SMILES string of the molecule is C[Si](C)(C)OP(=O)(O[Si](C)(C)C)C(C(P(=O)(O[Si](C)(C)C)O[Si](C)(C)C)P(=O)(O[Si](C)(C)C)O[Si](C)(C)C)P(=O)(O[Si](C)(C)C)O[Si](C)(C)C. The average Bonchev–Trinajstić information content (AvgIpc) is 2.58. The molecule has 50 heavy (non-hydrogen) atoms. The molecule has 0 saturated heterocycles. The molecule has 0 amide bonds. The van der Waals surface area contributed by atoms with Crippen LogP contribution in [0.5, 0.6) is 0 Å². The molecule has 0 aromatic rings. The molecule has 0 fully saturated rings. The molecular weight excluding hydrogens is 853 g/mol. The number of hydrogen-bond donors (Lipinski definition) is 0. The lowest BCUT2D eigenvalue weighted by Gasteiger charge is -2.48. The van der Waals surface area contributed by atoms with Gasteiger partial charge in [-0.05, 0) is 157 Å². The predicted octanol–water partition coefficient (Wildman–Crippen LogP) is 13.2. The summed E-state index contributed by atoms with van der Waals surface area (Å²) in [4.78, 5) is 0. The molecule has 0 bridgehead atoms. The second kappa shape index (κ2) is 16.7. The van der Waals surface area contributed by atoms with Gasteiger partial charge in [0.25, 0.3) is 0 Å². The number of hydrogen-bond acceptors (Lipinski definition) is 12. The van der Waals surface area contributed by atoms with Gasteiger partial charge < -0.3 is 33.7 Å². The third-order valence-electron chi connectivity index (χ3n) is 4.77. The maximum absolute atomic E-state index is 16.3. The number of rotatable bonds is 21. The molecule has 0 unspecified atom stereocenters. The van der Waals surface area contributed by atoms with Crippen LogP contribution in [0, 0.1) is 0 Å². The highest BCUT2D eigenvalue weighted by molar-refractivity contribution is 7.82. The van der Waals surface area contributed by atoms with Gasteiger partial charge in [0.15, 0.2) is 77.3 Å². The Bertz CT molecular complexity index is 1060. The van der Waals surface area contributed by atoms with Gasteiger partial charge in [-0.15, -0.1) is 0 Å². The van der Waals surface area contributed by atoms with Crippen molar-refractivity contribution in [3.8, 4) is 0 Å². The van der Waals surface area contributed by atoms with Crippen LogP contribution in [0.1, 0.15) is 0 Å². The quantitative estimate of drug-likeness (QED) is 0.0798. The minimum absolute atomic E-state index is 1.83. The highest BCUT2D eigenvalue weighted by atomic mass is 31.3. The zero-order valence-corrected chi connectivity index (χ0v) is 47.4. The molecule has 12 nitrogen and oxygen atoms in total. The third-order valence-corrected chi connectivity index (χ3v) is 38.6. The largest absolute Gasteiger partial charge is 0.351 e. The zero-order chi connectivity index (χ0) is 40.8. The fraction of sp³-hybridized carbons (Fsp3) is 1.00. The Morgan fingerprint density at radius 1 is 0.240 bits per heavy atom. The molecule has 0 saturated carbocycles. The lowest BCUT2D eigenvalue weighted by atomic mass is 10.9. The lowest BCUT2D eigenvalue weighted by Crippen LogP contribution is -2.45. The van der Waals surface area contributed by atoms with Crippen molar-refractivity contribution in [1.82, 2.24) is 0 Å². The first kappa shape index (κ1) is 52.3. The normalized spacial score (nSPS) is 16.1. The van der Waals surface area contributed by atoms with Gasteiger partial charge in [-0.1, -0.05) is 0 Å². The van der Waals surface area contributed by atoms with E-state index in [-0.39, 0.29) is 0 Å². The smallest absolute Gasteiger partial charge is 0.328 e. The Balaban J connectivity index is 9.53. The van der Waals surface area contributed by atoms with E-state index in [9.17, 15) is 0 Å². The maximum atomic E-state index is 16.3. The summed E-state index contributed by atoms with van der Waals surface area (Å²) in [6.07, 6.45) is 0. The Hall–Kier alpha value is 2.34. The van der Waals surface area contributed by atoms with Gasteiger partial charge in [0.2, 0.25) is 0 Å². The van der Waals surface area contributed by atoms with Gasteiger partial charge in [-0.25, -0.2) is 0 Å². The molecular formula is C26H74O12P4Si8. The minimum Gasteiger partial charge on any atom is -0.351 e. The molecule has 0 aliphatic carbocycles. The molecule has 24 heteroatoms. The van der Waals surface area contributed by atoms with Crippen molar-refractivity contribution >= 4 is 96.9 Å². The summed E-state index contributed by atoms with van der Waals surface area (Å²) in [6.45, 7) is 43.9. The second-order valence-electron chi connectivity index (χ2n) is 20.6. The third kappa shape index (κ3) is 20.0. The maximum Gasteiger partial charge on any atom is 0.328 e. The van der Waals surface area contributed by atoms with E-state index in [1.54, 1.807) is 0 Å². The first-order chi connectivity index (χ1) is 21.1. The van der Waals surface area contributed by atoms with Crippen LogP contribution in [0.25, 0.3) is 0 Å². The Kier molecular flexibility index (Phi) is 17.4. The van der Waals surface area contributed by atoms with Crippen molar-refractivity contribution < 1.29 is 52.0 Å². The minimum atomic E-state index is -4.83. The molecule has 0 aromatic carbocycles. The van der Waals surface area contributed by atoms with Crippen LogP contribution in [0.4, 0.5) is 0 Å². The summed E-state index contributed by atoms with van der Waals surface area (Å²) in [5.41, 5.74) is 0. The summed E-state index contributed by atoms with van der Waals surface area (Å²) in [5, 5.41) is -4.08. The van der Waals surface area contributed by atoms with Crippen molar-refractivity contribution in [3.63, 3.8) is 0 Å². The van der Waals surface area contributed by atoms with E-state index in [1.165, 1.54) is 0 Å². The predicted molar refractivity (Wildman–Crippen MR) is 233 cm³/mol. The average molecular weight is 927 g/mol. The molecule has 0 spiro atoms. The molecule has 0 aliphatic rings. The van der Waals surface area contributed by atoms with Crippen LogP contribution in [-0.4, -0.2) is 77.3 Å². The van der Waals surface area contributed by atoms with Crippen molar-refractivity contribution in [2.45, 2.75) is 168 Å². The van der Waals surface area contributed by atoms with E-state index >= 15 is 18.3 Å². The van der Waals surface area contributed by atoms with Crippen LogP contribution in [0.2, 0.25) is 157 Å². The van der Waals surface area contributed by atoms with Crippen molar-refractivity contribution in [2.24, 2.45) is 0 Å². The van der Waals surface area contributed by atoms with E-state index in [4.69, 9.17) is 33.7 Å². The van der Waals surface area contributed by atoms with Crippen molar-refractivity contribution in [1.29, 1.82) is 0 Å². The summed E-state index contributed by atoms with van der Waals surface area (Å²) in [6, 6.07) is 0. The Morgan fingerprint density at radius 3 is 0.380 bits per heavy atom. The Labute approximate surface area is 315 Å². The van der Waals surface area contributed by atoms with Crippen LogP contribution in [0.3, 0.4) is 0 Å². The summed E-state index contributed by atoms with van der Waals surface area (Å²) in [5.74, 6) is 0. The van der Waals surface area contributed by atoms with Crippen molar-refractivity contribution in [3.05, 3.63) is 0 Å². The monoisotopic (exact) mass is 926 g/mol. The zero-order valence-electron chi connectivity index (χ0n) is 35.8. The molecule has 0 atom stereocenters. The fourth-order valence-electron chi connectivity index (χ4n) is 4.56. The standard InChI is InChI=1S/C26H74O12P4Si8/c1-43(2,3)31-39(27,32-44(4,5)6)25(40(28,33-45(7,8)9)34-46(10,11)12)26(41(29,35-47(13,14)15)36-48(16,17)18)42(30,37-49(19,20)21)38-50(22,23)24/h25-26H,1-24H3. The molecule has 0 N–H and O–H groups in total. The van der Waals surface area contributed by atoms with Crippen LogP contribution in [0.15, 0.2) is 0 Å². The molecule has 0 radical (unpaired) electrons. The van der Waals surface area contributed by atoms with Gasteiger partial charge in [-0.3, -0.25) is 18.3 Å². The van der Waals surface area contributed by atoms with Gasteiger partial charge in [0, 0.05) is 0 Å². The highest BCUT2D eigenvalue weighted by Crippen LogP contribution is 2.86. The van der Waals surface area contributed by atoms with E-state index in [2.05, 4.69) is 0 Å². The first-order valence-electron chi connectivity index (χ1n) is 17.2. The van der Waals surface area contributed by atoms with Crippen molar-refractivity contribution in [2.75, 3.05) is 0 Å².